The summed E-state index contributed by atoms with van der Waals surface area (Å²) >= 11 is 0. The molecule has 0 unspecified atom stereocenters. The van der Waals surface area contributed by atoms with E-state index in [4.69, 9.17) is 4.74 Å². The minimum atomic E-state index is -0.439. The zero-order valence-electron chi connectivity index (χ0n) is 10.9. The molecule has 0 aliphatic rings. The number of anilines is 1. The molecule has 2 rings (SSSR count). The first-order valence-corrected chi connectivity index (χ1v) is 6.27. The molecule has 0 radical (unpaired) electrons. The van der Waals surface area contributed by atoms with E-state index in [9.17, 15) is 4.79 Å². The minimum absolute atomic E-state index is 0.174. The molecule has 2 aromatic carbocycles. The van der Waals surface area contributed by atoms with Crippen LogP contribution in [0.15, 0.2) is 55.1 Å². The summed E-state index contributed by atoms with van der Waals surface area (Å²) in [6.45, 7) is 5.46. The second-order valence-corrected chi connectivity index (χ2v) is 4.39. The van der Waals surface area contributed by atoms with Crippen molar-refractivity contribution < 1.29 is 9.53 Å². The predicted molar refractivity (Wildman–Crippen MR) is 78.3 cm³/mol. The van der Waals surface area contributed by atoms with Crippen LogP contribution < -0.4 is 5.32 Å². The zero-order valence-corrected chi connectivity index (χ0v) is 10.9. The Morgan fingerprint density at radius 1 is 1.32 bits per heavy atom. The number of carbonyl (C=O) groups is 1. The van der Waals surface area contributed by atoms with Gasteiger partial charge in [-0.25, -0.2) is 4.79 Å². The molecule has 1 atom stereocenters. The van der Waals surface area contributed by atoms with Gasteiger partial charge in [-0.3, -0.25) is 5.32 Å². The lowest BCUT2D eigenvalue weighted by molar-refractivity contribution is 0.122. The molecule has 1 N–H and O–H groups in total. The second kappa shape index (κ2) is 6.05. The molecule has 0 aliphatic heterocycles. The molecular weight excluding hydrogens is 238 g/mol. The van der Waals surface area contributed by atoms with Crippen LogP contribution in [0.2, 0.25) is 0 Å². The monoisotopic (exact) mass is 255 g/mol. The number of nitrogens with one attached hydrogen (secondary N) is 1. The summed E-state index contributed by atoms with van der Waals surface area (Å²) in [6.07, 6.45) is 1.76. The Bertz CT molecular complexity index is 587. The van der Waals surface area contributed by atoms with Crippen molar-refractivity contribution in [2.75, 3.05) is 5.32 Å². The molecule has 0 fully saturated rings. The molecule has 0 bridgehead atoms. The van der Waals surface area contributed by atoms with Gasteiger partial charge >= 0.3 is 6.09 Å². The largest absolute Gasteiger partial charge is 0.446 e. The Morgan fingerprint density at radius 2 is 2.05 bits per heavy atom. The Hall–Kier alpha value is -2.29. The van der Waals surface area contributed by atoms with Crippen LogP contribution in [0, 0.1) is 0 Å². The van der Waals surface area contributed by atoms with E-state index in [0.29, 0.717) is 6.42 Å². The summed E-state index contributed by atoms with van der Waals surface area (Å²) in [6, 6.07) is 13.7. The third-order valence-corrected chi connectivity index (χ3v) is 2.83. The normalized spacial score (nSPS) is 11.8. The van der Waals surface area contributed by atoms with E-state index in [1.807, 2.05) is 49.4 Å². The summed E-state index contributed by atoms with van der Waals surface area (Å²) in [5.74, 6) is 0. The third kappa shape index (κ3) is 3.35. The standard InChI is InChI=1S/C16H17NO2/c1-3-7-12(2)19-16(18)17-15-11-6-9-13-8-4-5-10-14(13)15/h3-6,8-12H,1,7H2,2H3,(H,17,18)/t12-/m0/s1. The number of carbonyl (C=O) groups excluding carboxylic acids is 1. The lowest BCUT2D eigenvalue weighted by atomic mass is 10.1. The lowest BCUT2D eigenvalue weighted by Crippen LogP contribution is -2.19. The molecule has 98 valence electrons. The first-order chi connectivity index (χ1) is 9.20. The van der Waals surface area contributed by atoms with Crippen molar-refractivity contribution in [2.24, 2.45) is 0 Å². The van der Waals surface area contributed by atoms with Gasteiger partial charge in [-0.15, -0.1) is 6.58 Å². The van der Waals surface area contributed by atoms with Crippen LogP contribution >= 0.6 is 0 Å². The highest BCUT2D eigenvalue weighted by atomic mass is 16.6. The third-order valence-electron chi connectivity index (χ3n) is 2.83. The van der Waals surface area contributed by atoms with E-state index < -0.39 is 6.09 Å². The SMILES string of the molecule is C=CC[C@H](C)OC(=O)Nc1cccc2ccccc12. The number of hydrogen-bond acceptors (Lipinski definition) is 2. The van der Waals surface area contributed by atoms with E-state index in [0.717, 1.165) is 16.5 Å². The summed E-state index contributed by atoms with van der Waals surface area (Å²) in [5, 5.41) is 4.86. The van der Waals surface area contributed by atoms with E-state index in [1.165, 1.54) is 0 Å². The highest BCUT2D eigenvalue weighted by Gasteiger charge is 2.09. The molecule has 0 spiro atoms. The van der Waals surface area contributed by atoms with Gasteiger partial charge in [0.1, 0.15) is 6.10 Å². The van der Waals surface area contributed by atoms with Crippen molar-refractivity contribution in [1.82, 2.24) is 0 Å². The average molecular weight is 255 g/mol. The molecule has 3 heteroatoms. The number of amides is 1. The van der Waals surface area contributed by atoms with Crippen molar-refractivity contribution in [3.8, 4) is 0 Å². The van der Waals surface area contributed by atoms with Gasteiger partial charge < -0.3 is 4.74 Å². The van der Waals surface area contributed by atoms with E-state index >= 15 is 0 Å². The van der Waals surface area contributed by atoms with Crippen molar-refractivity contribution in [2.45, 2.75) is 19.4 Å². The van der Waals surface area contributed by atoms with Crippen LogP contribution in [0.1, 0.15) is 13.3 Å². The van der Waals surface area contributed by atoms with Crippen LogP contribution in [0.3, 0.4) is 0 Å². The molecule has 2 aromatic rings. The fraction of sp³-hybridized carbons (Fsp3) is 0.188. The highest BCUT2D eigenvalue weighted by Crippen LogP contribution is 2.23. The molecule has 19 heavy (non-hydrogen) atoms. The lowest BCUT2D eigenvalue weighted by Gasteiger charge is -2.13. The van der Waals surface area contributed by atoms with Crippen LogP contribution in [0.5, 0.6) is 0 Å². The molecule has 0 saturated carbocycles. The topological polar surface area (TPSA) is 38.3 Å². The molecule has 0 heterocycles. The van der Waals surface area contributed by atoms with E-state index in [2.05, 4.69) is 11.9 Å². The van der Waals surface area contributed by atoms with Gasteiger partial charge in [-0.05, 0) is 18.4 Å². The first kappa shape index (κ1) is 13.1. The van der Waals surface area contributed by atoms with Gasteiger partial charge in [0.25, 0.3) is 0 Å². The summed E-state index contributed by atoms with van der Waals surface area (Å²) in [4.78, 5) is 11.8. The molecule has 0 aliphatic carbocycles. The van der Waals surface area contributed by atoms with Crippen LogP contribution in [0.4, 0.5) is 10.5 Å². The van der Waals surface area contributed by atoms with E-state index in [1.54, 1.807) is 6.08 Å². The Morgan fingerprint density at radius 3 is 2.84 bits per heavy atom. The zero-order chi connectivity index (χ0) is 13.7. The minimum Gasteiger partial charge on any atom is -0.446 e. The van der Waals surface area contributed by atoms with E-state index in [-0.39, 0.29) is 6.10 Å². The van der Waals surface area contributed by atoms with Crippen molar-refractivity contribution in [1.29, 1.82) is 0 Å². The van der Waals surface area contributed by atoms with Crippen LogP contribution in [0.25, 0.3) is 10.8 Å². The van der Waals surface area contributed by atoms with Gasteiger partial charge in [0.05, 0.1) is 5.69 Å². The van der Waals surface area contributed by atoms with Crippen LogP contribution in [-0.2, 0) is 4.74 Å². The maximum atomic E-state index is 11.8. The van der Waals surface area contributed by atoms with Crippen molar-refractivity contribution >= 4 is 22.6 Å². The quantitative estimate of drug-likeness (QED) is 0.825. The smallest absolute Gasteiger partial charge is 0.411 e. The number of ether oxygens (including phenoxy) is 1. The Labute approximate surface area is 112 Å². The maximum Gasteiger partial charge on any atom is 0.411 e. The van der Waals surface area contributed by atoms with Gasteiger partial charge in [-0.2, -0.15) is 0 Å². The number of hydrogen-bond donors (Lipinski definition) is 1. The summed E-state index contributed by atoms with van der Waals surface area (Å²) < 4.78 is 5.22. The molecule has 3 nitrogen and oxygen atoms in total. The fourth-order valence-corrected chi connectivity index (χ4v) is 1.94. The van der Waals surface area contributed by atoms with Crippen LogP contribution in [-0.4, -0.2) is 12.2 Å². The van der Waals surface area contributed by atoms with Gasteiger partial charge in [0.2, 0.25) is 0 Å². The Balaban J connectivity index is 2.13. The average Bonchev–Trinajstić information content (AvgIpc) is 2.39. The van der Waals surface area contributed by atoms with Crippen molar-refractivity contribution in [3.63, 3.8) is 0 Å². The molecule has 0 saturated heterocycles. The second-order valence-electron chi connectivity index (χ2n) is 4.39. The number of fused-ring (bicyclic) bond motifs is 1. The maximum absolute atomic E-state index is 11.8. The van der Waals surface area contributed by atoms with Gasteiger partial charge in [0, 0.05) is 11.8 Å². The number of benzene rings is 2. The predicted octanol–water partition coefficient (Wildman–Crippen LogP) is 4.35. The highest BCUT2D eigenvalue weighted by molar-refractivity contribution is 6.00. The molecular formula is C16H17NO2. The van der Waals surface area contributed by atoms with Gasteiger partial charge in [-0.1, -0.05) is 42.5 Å². The summed E-state index contributed by atoms with van der Waals surface area (Å²) in [5.41, 5.74) is 0.758. The van der Waals surface area contributed by atoms with Crippen molar-refractivity contribution in [3.05, 3.63) is 55.1 Å². The molecule has 0 aromatic heterocycles. The first-order valence-electron chi connectivity index (χ1n) is 6.27. The van der Waals surface area contributed by atoms with Gasteiger partial charge in [0.15, 0.2) is 0 Å². The Kier molecular flexibility index (Phi) is 4.18. The molecule has 1 amide bonds. The number of rotatable bonds is 4. The fourth-order valence-electron chi connectivity index (χ4n) is 1.94. The summed E-state index contributed by atoms with van der Waals surface area (Å²) in [7, 11) is 0.